The molecule has 21 heavy (non-hydrogen) atoms. The van der Waals surface area contributed by atoms with E-state index in [-0.39, 0.29) is 18.2 Å². The summed E-state index contributed by atoms with van der Waals surface area (Å²) in [5.41, 5.74) is 1.74. The first-order valence-corrected chi connectivity index (χ1v) is 7.61. The zero-order chi connectivity index (χ0) is 15.2. The quantitative estimate of drug-likeness (QED) is 0.861. The normalized spacial score (nSPS) is 13.4. The number of nitrogens with one attached hydrogen (secondary N) is 1. The standard InChI is InChI=1S/C16H17NO3S/c1-11(13-7-8-21-10-13)16(20)17-14(9-15(18)19)12-5-3-2-4-6-12/h2-8,10-11,14H,9H2,1H3,(H,17,20)(H,18,19)/t11-,14+/m1/s1. The van der Waals surface area contributed by atoms with E-state index in [1.165, 1.54) is 11.3 Å². The Bertz CT molecular complexity index is 595. The molecule has 2 aromatic rings. The van der Waals surface area contributed by atoms with Crippen molar-refractivity contribution in [2.75, 3.05) is 0 Å². The van der Waals surface area contributed by atoms with Crippen molar-refractivity contribution in [3.63, 3.8) is 0 Å². The minimum absolute atomic E-state index is 0.133. The highest BCUT2D eigenvalue weighted by atomic mass is 32.1. The van der Waals surface area contributed by atoms with Crippen molar-refractivity contribution in [3.8, 4) is 0 Å². The van der Waals surface area contributed by atoms with Gasteiger partial charge in [0.05, 0.1) is 18.4 Å². The van der Waals surface area contributed by atoms with Crippen LogP contribution in [-0.4, -0.2) is 17.0 Å². The van der Waals surface area contributed by atoms with Crippen molar-refractivity contribution in [1.29, 1.82) is 0 Å². The maximum atomic E-state index is 12.3. The Balaban J connectivity index is 2.11. The van der Waals surface area contributed by atoms with Crippen LogP contribution in [0.4, 0.5) is 0 Å². The van der Waals surface area contributed by atoms with Crippen molar-refractivity contribution in [2.24, 2.45) is 0 Å². The Hall–Kier alpha value is -2.14. The average molecular weight is 303 g/mol. The summed E-state index contributed by atoms with van der Waals surface area (Å²) in [4.78, 5) is 23.3. The van der Waals surface area contributed by atoms with Crippen LogP contribution in [0.15, 0.2) is 47.2 Å². The average Bonchev–Trinajstić information content (AvgIpc) is 3.00. The second-order valence-electron chi connectivity index (χ2n) is 4.85. The van der Waals surface area contributed by atoms with E-state index in [4.69, 9.17) is 5.11 Å². The molecular formula is C16H17NO3S. The summed E-state index contributed by atoms with van der Waals surface area (Å²) < 4.78 is 0. The Labute approximate surface area is 127 Å². The number of carboxylic acids is 1. The van der Waals surface area contributed by atoms with Gasteiger partial charge in [0.2, 0.25) is 5.91 Å². The molecule has 0 aliphatic rings. The minimum atomic E-state index is -0.938. The van der Waals surface area contributed by atoms with Gasteiger partial charge >= 0.3 is 5.97 Å². The lowest BCUT2D eigenvalue weighted by atomic mass is 10.00. The number of aliphatic carboxylic acids is 1. The largest absolute Gasteiger partial charge is 0.481 e. The topological polar surface area (TPSA) is 66.4 Å². The Morgan fingerprint density at radius 3 is 2.48 bits per heavy atom. The summed E-state index contributed by atoms with van der Waals surface area (Å²) in [6.07, 6.45) is -0.133. The lowest BCUT2D eigenvalue weighted by Gasteiger charge is -2.20. The molecule has 0 aliphatic carbocycles. The molecule has 4 nitrogen and oxygen atoms in total. The summed E-state index contributed by atoms with van der Waals surface area (Å²) in [6.45, 7) is 1.82. The van der Waals surface area contributed by atoms with E-state index < -0.39 is 12.0 Å². The van der Waals surface area contributed by atoms with Crippen molar-refractivity contribution in [2.45, 2.75) is 25.3 Å². The van der Waals surface area contributed by atoms with E-state index in [2.05, 4.69) is 5.32 Å². The third kappa shape index (κ3) is 4.16. The van der Waals surface area contributed by atoms with Crippen LogP contribution in [0.3, 0.4) is 0 Å². The van der Waals surface area contributed by atoms with Crippen LogP contribution in [-0.2, 0) is 9.59 Å². The van der Waals surface area contributed by atoms with Crippen LogP contribution in [0.5, 0.6) is 0 Å². The van der Waals surface area contributed by atoms with E-state index in [1.54, 1.807) is 0 Å². The molecular weight excluding hydrogens is 286 g/mol. The van der Waals surface area contributed by atoms with Crippen molar-refractivity contribution in [3.05, 3.63) is 58.3 Å². The Kier molecular flexibility index (Phi) is 5.11. The van der Waals surface area contributed by atoms with Crippen LogP contribution in [0.2, 0.25) is 0 Å². The third-order valence-electron chi connectivity index (χ3n) is 3.33. The van der Waals surface area contributed by atoms with Gasteiger partial charge in [-0.2, -0.15) is 11.3 Å². The first-order valence-electron chi connectivity index (χ1n) is 6.67. The van der Waals surface area contributed by atoms with Gasteiger partial charge in [0, 0.05) is 0 Å². The molecule has 2 rings (SSSR count). The number of benzene rings is 1. The van der Waals surface area contributed by atoms with Crippen LogP contribution >= 0.6 is 11.3 Å². The second-order valence-corrected chi connectivity index (χ2v) is 5.63. The number of carboxylic acid groups (broad SMARTS) is 1. The highest BCUT2D eigenvalue weighted by molar-refractivity contribution is 7.08. The highest BCUT2D eigenvalue weighted by Gasteiger charge is 2.22. The van der Waals surface area contributed by atoms with Gasteiger partial charge in [0.15, 0.2) is 0 Å². The fourth-order valence-electron chi connectivity index (χ4n) is 2.08. The van der Waals surface area contributed by atoms with Gasteiger partial charge in [-0.05, 0) is 34.9 Å². The fourth-order valence-corrected chi connectivity index (χ4v) is 2.84. The molecule has 5 heteroatoms. The molecule has 0 fully saturated rings. The summed E-state index contributed by atoms with van der Waals surface area (Å²) in [7, 11) is 0. The lowest BCUT2D eigenvalue weighted by Crippen LogP contribution is -2.33. The van der Waals surface area contributed by atoms with Gasteiger partial charge in [-0.25, -0.2) is 0 Å². The molecule has 0 radical (unpaired) electrons. The van der Waals surface area contributed by atoms with Crippen molar-refractivity contribution < 1.29 is 14.7 Å². The maximum absolute atomic E-state index is 12.3. The van der Waals surface area contributed by atoms with Gasteiger partial charge in [-0.1, -0.05) is 30.3 Å². The molecule has 0 aliphatic heterocycles. The van der Waals surface area contributed by atoms with Crippen LogP contribution in [0.1, 0.15) is 36.4 Å². The van der Waals surface area contributed by atoms with Crippen molar-refractivity contribution in [1.82, 2.24) is 5.32 Å². The molecule has 0 unspecified atom stereocenters. The molecule has 0 spiro atoms. The zero-order valence-electron chi connectivity index (χ0n) is 11.7. The van der Waals surface area contributed by atoms with Crippen LogP contribution in [0, 0.1) is 0 Å². The summed E-state index contributed by atoms with van der Waals surface area (Å²) in [6, 6.07) is 10.6. The smallest absolute Gasteiger partial charge is 0.305 e. The predicted molar refractivity (Wildman–Crippen MR) is 82.3 cm³/mol. The van der Waals surface area contributed by atoms with Gasteiger partial charge in [0.25, 0.3) is 0 Å². The number of rotatable bonds is 6. The number of thiophene rings is 1. The lowest BCUT2D eigenvalue weighted by molar-refractivity contribution is -0.137. The molecule has 1 aromatic carbocycles. The number of hydrogen-bond donors (Lipinski definition) is 2. The zero-order valence-corrected chi connectivity index (χ0v) is 12.5. The number of carbonyl (C=O) groups excluding carboxylic acids is 1. The Morgan fingerprint density at radius 1 is 1.19 bits per heavy atom. The van der Waals surface area contributed by atoms with Gasteiger partial charge in [-0.3, -0.25) is 9.59 Å². The van der Waals surface area contributed by atoms with E-state index >= 15 is 0 Å². The predicted octanol–water partition coefficient (Wildman–Crippen LogP) is 3.18. The molecule has 110 valence electrons. The molecule has 0 bridgehead atoms. The first kappa shape index (κ1) is 15.3. The van der Waals surface area contributed by atoms with Gasteiger partial charge in [0.1, 0.15) is 0 Å². The van der Waals surface area contributed by atoms with E-state index in [0.717, 1.165) is 11.1 Å². The van der Waals surface area contributed by atoms with E-state index in [0.29, 0.717) is 0 Å². The van der Waals surface area contributed by atoms with Crippen LogP contribution < -0.4 is 5.32 Å². The van der Waals surface area contributed by atoms with E-state index in [9.17, 15) is 9.59 Å². The molecule has 2 N–H and O–H groups in total. The number of amides is 1. The van der Waals surface area contributed by atoms with E-state index in [1.807, 2.05) is 54.1 Å². The molecule has 2 atom stereocenters. The monoisotopic (exact) mass is 303 g/mol. The van der Waals surface area contributed by atoms with Gasteiger partial charge in [-0.15, -0.1) is 0 Å². The number of carbonyl (C=O) groups is 2. The molecule has 1 amide bonds. The fraction of sp³-hybridized carbons (Fsp3) is 0.250. The Morgan fingerprint density at radius 2 is 1.90 bits per heavy atom. The summed E-state index contributed by atoms with van der Waals surface area (Å²) in [5, 5.41) is 15.7. The number of hydrogen-bond acceptors (Lipinski definition) is 3. The second kappa shape index (κ2) is 7.04. The first-order chi connectivity index (χ1) is 10.1. The molecule has 0 saturated heterocycles. The maximum Gasteiger partial charge on any atom is 0.305 e. The molecule has 1 heterocycles. The van der Waals surface area contributed by atoms with Crippen molar-refractivity contribution >= 4 is 23.2 Å². The SMILES string of the molecule is C[C@@H](C(=O)N[C@@H](CC(=O)O)c1ccccc1)c1ccsc1. The highest BCUT2D eigenvalue weighted by Crippen LogP contribution is 2.22. The third-order valence-corrected chi connectivity index (χ3v) is 4.04. The summed E-state index contributed by atoms with van der Waals surface area (Å²) in [5.74, 6) is -1.40. The minimum Gasteiger partial charge on any atom is -0.481 e. The van der Waals surface area contributed by atoms with Gasteiger partial charge < -0.3 is 10.4 Å². The van der Waals surface area contributed by atoms with Crippen LogP contribution in [0.25, 0.3) is 0 Å². The molecule has 1 aromatic heterocycles. The summed E-state index contributed by atoms with van der Waals surface area (Å²) >= 11 is 1.54. The molecule has 0 saturated carbocycles.